The van der Waals surface area contributed by atoms with Crippen molar-refractivity contribution in [2.75, 3.05) is 44.0 Å². The molecule has 3 N–H and O–H groups in total. The summed E-state index contributed by atoms with van der Waals surface area (Å²) >= 11 is 0. The molecule has 8 nitrogen and oxygen atoms in total. The van der Waals surface area contributed by atoms with Crippen LogP contribution in [0, 0.1) is 5.92 Å². The Morgan fingerprint density at radius 1 is 1.30 bits per heavy atom. The van der Waals surface area contributed by atoms with Gasteiger partial charge in [0.15, 0.2) is 6.29 Å². The quantitative estimate of drug-likeness (QED) is 0.661. The molecule has 0 bridgehead atoms. The number of hydrogen-bond donors (Lipinski definition) is 2. The Bertz CT molecular complexity index is 760. The molecule has 30 heavy (non-hydrogen) atoms. The fourth-order valence-corrected chi connectivity index (χ4v) is 3.60. The van der Waals surface area contributed by atoms with Crippen LogP contribution in [0.25, 0.3) is 0 Å². The number of carbonyl (C=O) groups excluding carboxylic acids is 2. The summed E-state index contributed by atoms with van der Waals surface area (Å²) in [7, 11) is 5.46. The van der Waals surface area contributed by atoms with Gasteiger partial charge < -0.3 is 24.8 Å². The number of amides is 2. The molecule has 1 aliphatic heterocycles. The number of hydrogen-bond acceptors (Lipinski definition) is 6. The molecule has 0 aromatic heterocycles. The van der Waals surface area contributed by atoms with Crippen molar-refractivity contribution in [2.45, 2.75) is 52.4 Å². The largest absolute Gasteiger partial charge is 0.444 e. The van der Waals surface area contributed by atoms with Gasteiger partial charge in [0, 0.05) is 34.2 Å². The monoisotopic (exact) mass is 419 g/mol. The van der Waals surface area contributed by atoms with Gasteiger partial charge in [-0.1, -0.05) is 13.0 Å². The highest BCUT2D eigenvalue weighted by Gasteiger charge is 2.35. The Balaban J connectivity index is 1.99. The van der Waals surface area contributed by atoms with Gasteiger partial charge in [0.1, 0.15) is 5.60 Å². The van der Waals surface area contributed by atoms with Crippen LogP contribution >= 0.6 is 0 Å². The zero-order valence-electron chi connectivity index (χ0n) is 19.4. The van der Waals surface area contributed by atoms with Crippen LogP contribution in [0.4, 0.5) is 16.2 Å². The molecule has 0 radical (unpaired) electrons. The van der Waals surface area contributed by atoms with E-state index in [1.54, 1.807) is 19.0 Å². The van der Waals surface area contributed by atoms with Gasteiger partial charge in [-0.3, -0.25) is 10.5 Å². The number of benzene rings is 1. The fraction of sp³-hybridized carbons (Fsp3) is 0.636. The van der Waals surface area contributed by atoms with Gasteiger partial charge in [0.05, 0.1) is 16.9 Å². The maximum Gasteiger partial charge on any atom is 0.407 e. The summed E-state index contributed by atoms with van der Waals surface area (Å²) < 4.78 is 5.26. The molecule has 0 saturated heterocycles. The van der Waals surface area contributed by atoms with E-state index in [0.29, 0.717) is 18.0 Å². The van der Waals surface area contributed by atoms with Crippen LogP contribution in [-0.4, -0.2) is 63.0 Å². The van der Waals surface area contributed by atoms with Crippen molar-refractivity contribution in [3.05, 3.63) is 23.8 Å². The zero-order valence-corrected chi connectivity index (χ0v) is 19.4. The maximum atomic E-state index is 12.7. The number of carbonyl (C=O) groups is 2. The molecule has 1 heterocycles. The molecule has 1 aliphatic rings. The molecule has 0 spiro atoms. The summed E-state index contributed by atoms with van der Waals surface area (Å²) in [5.74, 6) is 0.298. The fourth-order valence-electron chi connectivity index (χ4n) is 3.60. The van der Waals surface area contributed by atoms with E-state index in [-0.39, 0.29) is 18.3 Å². The van der Waals surface area contributed by atoms with Crippen molar-refractivity contribution in [3.63, 3.8) is 0 Å². The lowest BCUT2D eigenvalue weighted by molar-refractivity contribution is 0.0526. The van der Waals surface area contributed by atoms with Crippen LogP contribution in [0.2, 0.25) is 0 Å². The van der Waals surface area contributed by atoms with Gasteiger partial charge in [-0.2, -0.15) is 0 Å². The number of anilines is 2. The molecule has 2 unspecified atom stereocenters. The maximum absolute atomic E-state index is 12.7. The van der Waals surface area contributed by atoms with E-state index < -0.39 is 5.60 Å². The lowest BCUT2D eigenvalue weighted by Crippen LogP contribution is -2.50. The third kappa shape index (κ3) is 5.78. The summed E-state index contributed by atoms with van der Waals surface area (Å²) in [6.45, 7) is 8.98. The number of rotatable bonds is 7. The number of nitrogens with zero attached hydrogens (tertiary/aromatic N) is 3. The highest BCUT2D eigenvalue weighted by molar-refractivity contribution is 6.03. The normalized spacial score (nSPS) is 16.9. The second-order valence-corrected chi connectivity index (χ2v) is 9.23. The number of ether oxygens (including phenoxy) is 1. The molecule has 8 heteroatoms. The van der Waals surface area contributed by atoms with E-state index in [9.17, 15) is 9.59 Å². The smallest absolute Gasteiger partial charge is 0.407 e. The summed E-state index contributed by atoms with van der Waals surface area (Å²) in [6, 6.07) is 5.75. The molecule has 2 amide bonds. The van der Waals surface area contributed by atoms with Gasteiger partial charge >= 0.3 is 6.09 Å². The van der Waals surface area contributed by atoms with Crippen LogP contribution in [-0.2, 0) is 4.74 Å². The standard InChI is InChI=1S/C22H37N5O3/c1-15(10-9-13-24-21(29)30-22(2,3)4)14-27-18-16(19(28)25(5)6)11-8-12-17(18)26(7)20(27)23/h8,11-12,15,20H,9-10,13-14,23H2,1-7H3,(H,24,29). The van der Waals surface area contributed by atoms with Gasteiger partial charge in [-0.05, 0) is 51.7 Å². The summed E-state index contributed by atoms with van der Waals surface area (Å²) in [5, 5.41) is 2.80. The molecule has 0 fully saturated rings. The molecule has 0 aliphatic carbocycles. The Labute approximate surface area is 180 Å². The first-order valence-corrected chi connectivity index (χ1v) is 10.5. The number of nitrogens with one attached hydrogen (secondary N) is 1. The molecule has 1 aromatic carbocycles. The van der Waals surface area contributed by atoms with Crippen LogP contribution in [0.3, 0.4) is 0 Å². The predicted molar refractivity (Wildman–Crippen MR) is 121 cm³/mol. The van der Waals surface area contributed by atoms with Crippen molar-refractivity contribution in [1.82, 2.24) is 10.2 Å². The minimum Gasteiger partial charge on any atom is -0.444 e. The van der Waals surface area contributed by atoms with Crippen LogP contribution in [0.1, 0.15) is 50.9 Å². The number of nitrogens with two attached hydrogens (primary N) is 1. The van der Waals surface area contributed by atoms with Crippen LogP contribution in [0.5, 0.6) is 0 Å². The predicted octanol–water partition coefficient (Wildman–Crippen LogP) is 2.83. The lowest BCUT2D eigenvalue weighted by atomic mass is 10.0. The Kier molecular flexibility index (Phi) is 7.58. The first-order valence-electron chi connectivity index (χ1n) is 10.5. The van der Waals surface area contributed by atoms with Crippen LogP contribution < -0.4 is 20.9 Å². The second kappa shape index (κ2) is 9.55. The molecule has 0 saturated carbocycles. The Hall–Kier alpha value is -2.48. The first kappa shape index (κ1) is 23.8. The minimum atomic E-state index is -0.496. The average molecular weight is 420 g/mol. The first-order chi connectivity index (χ1) is 13.9. The van der Waals surface area contributed by atoms with E-state index in [1.165, 1.54) is 0 Å². The second-order valence-electron chi connectivity index (χ2n) is 9.23. The SMILES string of the molecule is CC(CCCNC(=O)OC(C)(C)C)CN1c2c(C(=O)N(C)C)cccc2N(C)C1N. The number of para-hydroxylation sites is 1. The average Bonchev–Trinajstić information content (AvgIpc) is 2.88. The third-order valence-electron chi connectivity index (χ3n) is 5.08. The van der Waals surface area contributed by atoms with Crippen molar-refractivity contribution < 1.29 is 14.3 Å². The van der Waals surface area contributed by atoms with Gasteiger partial charge in [-0.25, -0.2) is 4.79 Å². The topological polar surface area (TPSA) is 91.1 Å². The Morgan fingerprint density at radius 2 is 1.97 bits per heavy atom. The third-order valence-corrected chi connectivity index (χ3v) is 5.08. The molecular formula is C22H37N5O3. The van der Waals surface area contributed by atoms with Crippen molar-refractivity contribution in [3.8, 4) is 0 Å². The van der Waals surface area contributed by atoms with E-state index in [1.807, 2.05) is 50.9 Å². The van der Waals surface area contributed by atoms with E-state index in [2.05, 4.69) is 17.1 Å². The molecule has 168 valence electrons. The summed E-state index contributed by atoms with van der Waals surface area (Å²) in [5.41, 5.74) is 8.50. The Morgan fingerprint density at radius 3 is 2.57 bits per heavy atom. The van der Waals surface area contributed by atoms with Crippen molar-refractivity contribution in [1.29, 1.82) is 0 Å². The van der Waals surface area contributed by atoms with Crippen molar-refractivity contribution in [2.24, 2.45) is 11.7 Å². The zero-order chi connectivity index (χ0) is 22.6. The van der Waals surface area contributed by atoms with E-state index in [4.69, 9.17) is 10.5 Å². The molecule has 1 aromatic rings. The van der Waals surface area contributed by atoms with Crippen LogP contribution in [0.15, 0.2) is 18.2 Å². The molecular weight excluding hydrogens is 382 g/mol. The van der Waals surface area contributed by atoms with E-state index >= 15 is 0 Å². The summed E-state index contributed by atoms with van der Waals surface area (Å²) in [4.78, 5) is 30.2. The van der Waals surface area contributed by atoms with Crippen molar-refractivity contribution >= 4 is 23.4 Å². The van der Waals surface area contributed by atoms with Gasteiger partial charge in [0.2, 0.25) is 0 Å². The lowest BCUT2D eigenvalue weighted by Gasteiger charge is -2.30. The molecule has 2 rings (SSSR count). The number of fused-ring (bicyclic) bond motifs is 1. The van der Waals surface area contributed by atoms with Gasteiger partial charge in [-0.15, -0.1) is 0 Å². The minimum absolute atomic E-state index is 0.0337. The highest BCUT2D eigenvalue weighted by atomic mass is 16.6. The summed E-state index contributed by atoms with van der Waals surface area (Å²) in [6.07, 6.45) is 1.05. The highest BCUT2D eigenvalue weighted by Crippen LogP contribution is 2.40. The molecule has 2 atom stereocenters. The van der Waals surface area contributed by atoms with E-state index in [0.717, 1.165) is 30.8 Å². The van der Waals surface area contributed by atoms with Gasteiger partial charge in [0.25, 0.3) is 5.91 Å². The number of alkyl carbamates (subject to hydrolysis) is 1.